The van der Waals surface area contributed by atoms with Gasteiger partial charge in [0.2, 0.25) is 0 Å². The van der Waals surface area contributed by atoms with E-state index in [0.717, 1.165) is 24.2 Å². The largest absolute Gasteiger partial charge is 0.353 e. The molecule has 104 valence electrons. The smallest absolute Gasteiger partial charge is 0.129 e. The normalized spacial score (nSPS) is 24.3. The molecule has 3 nitrogen and oxygen atoms in total. The second kappa shape index (κ2) is 5.91. The van der Waals surface area contributed by atoms with E-state index in [-0.39, 0.29) is 0 Å². The molecule has 2 fully saturated rings. The van der Waals surface area contributed by atoms with Crippen LogP contribution in [0.4, 0.5) is 5.82 Å². The van der Waals surface area contributed by atoms with Crippen molar-refractivity contribution in [1.29, 1.82) is 0 Å². The first kappa shape index (κ1) is 12.9. The van der Waals surface area contributed by atoms with Crippen LogP contribution in [0.3, 0.4) is 0 Å². The Morgan fingerprint density at radius 1 is 1.21 bits per heavy atom. The zero-order valence-corrected chi connectivity index (χ0v) is 11.9. The van der Waals surface area contributed by atoms with Crippen molar-refractivity contribution >= 4 is 5.82 Å². The summed E-state index contributed by atoms with van der Waals surface area (Å²) < 4.78 is 0. The van der Waals surface area contributed by atoms with Crippen LogP contribution in [0.15, 0.2) is 18.2 Å². The molecular formula is C16H25N3. The standard InChI is InChI=1S/C16H25N3/c1-17-12-14-8-4-10-16(18-14)19-11-5-9-15(19)13-6-2-3-7-13/h4,8,10,13,15,17H,2-3,5-7,9,11-12H2,1H3. The maximum Gasteiger partial charge on any atom is 0.129 e. The SMILES string of the molecule is CNCc1cccc(N2CCCC2C2CCCC2)n1. The highest BCUT2D eigenvalue weighted by atomic mass is 15.2. The van der Waals surface area contributed by atoms with Gasteiger partial charge >= 0.3 is 0 Å². The Labute approximate surface area is 116 Å². The molecule has 0 aromatic carbocycles. The molecule has 0 spiro atoms. The van der Waals surface area contributed by atoms with E-state index in [1.54, 1.807) is 0 Å². The molecule has 19 heavy (non-hydrogen) atoms. The number of aromatic nitrogens is 1. The number of hydrogen-bond acceptors (Lipinski definition) is 3. The van der Waals surface area contributed by atoms with Gasteiger partial charge in [-0.3, -0.25) is 0 Å². The Balaban J connectivity index is 1.77. The molecule has 2 heterocycles. The average Bonchev–Trinajstić information content (AvgIpc) is 3.10. The van der Waals surface area contributed by atoms with Crippen molar-refractivity contribution in [3.8, 4) is 0 Å². The van der Waals surface area contributed by atoms with Crippen LogP contribution in [0.25, 0.3) is 0 Å². The van der Waals surface area contributed by atoms with E-state index < -0.39 is 0 Å². The summed E-state index contributed by atoms with van der Waals surface area (Å²) in [6, 6.07) is 7.20. The Morgan fingerprint density at radius 3 is 2.84 bits per heavy atom. The van der Waals surface area contributed by atoms with E-state index in [1.807, 2.05) is 7.05 Å². The quantitative estimate of drug-likeness (QED) is 0.901. The third kappa shape index (κ3) is 2.76. The number of hydrogen-bond donors (Lipinski definition) is 1. The fraction of sp³-hybridized carbons (Fsp3) is 0.688. The van der Waals surface area contributed by atoms with Crippen LogP contribution >= 0.6 is 0 Å². The van der Waals surface area contributed by atoms with Gasteiger partial charge in [-0.05, 0) is 50.8 Å². The predicted molar refractivity (Wildman–Crippen MR) is 79.3 cm³/mol. The van der Waals surface area contributed by atoms with Crippen LogP contribution < -0.4 is 10.2 Å². The molecule has 1 aromatic rings. The highest BCUT2D eigenvalue weighted by Crippen LogP contribution is 2.37. The lowest BCUT2D eigenvalue weighted by molar-refractivity contribution is 0.429. The summed E-state index contributed by atoms with van der Waals surface area (Å²) in [7, 11) is 1.98. The summed E-state index contributed by atoms with van der Waals surface area (Å²) in [5.74, 6) is 2.11. The molecule has 1 aromatic heterocycles. The van der Waals surface area contributed by atoms with E-state index in [9.17, 15) is 0 Å². The van der Waals surface area contributed by atoms with Crippen molar-refractivity contribution in [3.05, 3.63) is 23.9 Å². The van der Waals surface area contributed by atoms with Gasteiger partial charge in [0.1, 0.15) is 5.82 Å². The Hall–Kier alpha value is -1.09. The van der Waals surface area contributed by atoms with Gasteiger partial charge in [0.05, 0.1) is 5.69 Å². The second-order valence-electron chi connectivity index (χ2n) is 5.96. The summed E-state index contributed by atoms with van der Waals surface area (Å²) in [5.41, 5.74) is 1.15. The van der Waals surface area contributed by atoms with Gasteiger partial charge in [0.25, 0.3) is 0 Å². The molecule has 1 saturated carbocycles. The van der Waals surface area contributed by atoms with Crippen LogP contribution in [0.5, 0.6) is 0 Å². The molecular weight excluding hydrogens is 234 g/mol. The lowest BCUT2D eigenvalue weighted by atomic mass is 9.96. The van der Waals surface area contributed by atoms with Gasteiger partial charge in [-0.1, -0.05) is 18.9 Å². The van der Waals surface area contributed by atoms with Gasteiger partial charge in [-0.2, -0.15) is 0 Å². The van der Waals surface area contributed by atoms with Crippen molar-refractivity contribution in [2.75, 3.05) is 18.5 Å². The second-order valence-corrected chi connectivity index (χ2v) is 5.96. The highest BCUT2D eigenvalue weighted by Gasteiger charge is 2.33. The minimum absolute atomic E-state index is 0.750. The number of pyridine rings is 1. The third-order valence-electron chi connectivity index (χ3n) is 4.69. The molecule has 0 radical (unpaired) electrons. The average molecular weight is 259 g/mol. The molecule has 1 aliphatic heterocycles. The molecule has 1 N–H and O–H groups in total. The molecule has 1 atom stereocenters. The zero-order chi connectivity index (χ0) is 13.1. The molecule has 2 aliphatic rings. The summed E-state index contributed by atoms with van der Waals surface area (Å²) in [6.07, 6.45) is 8.42. The number of rotatable bonds is 4. The maximum absolute atomic E-state index is 4.83. The lowest BCUT2D eigenvalue weighted by Crippen LogP contribution is -2.35. The minimum atomic E-state index is 0.750. The number of anilines is 1. The van der Waals surface area contributed by atoms with Crippen molar-refractivity contribution in [2.45, 2.75) is 51.1 Å². The van der Waals surface area contributed by atoms with E-state index in [1.165, 1.54) is 50.9 Å². The summed E-state index contributed by atoms with van der Waals surface area (Å²) in [5, 5.41) is 3.19. The van der Waals surface area contributed by atoms with Crippen molar-refractivity contribution in [3.63, 3.8) is 0 Å². The molecule has 3 rings (SSSR count). The van der Waals surface area contributed by atoms with Gasteiger partial charge in [0.15, 0.2) is 0 Å². The molecule has 0 amide bonds. The fourth-order valence-corrected chi connectivity index (χ4v) is 3.82. The molecule has 1 saturated heterocycles. The van der Waals surface area contributed by atoms with Gasteiger partial charge in [-0.25, -0.2) is 4.98 Å². The first-order valence-electron chi connectivity index (χ1n) is 7.75. The van der Waals surface area contributed by atoms with Crippen molar-refractivity contribution in [1.82, 2.24) is 10.3 Å². The summed E-state index contributed by atoms with van der Waals surface area (Å²) in [6.45, 7) is 2.05. The maximum atomic E-state index is 4.83. The van der Waals surface area contributed by atoms with E-state index in [2.05, 4.69) is 28.4 Å². The Bertz CT molecular complexity index is 412. The molecule has 0 bridgehead atoms. The zero-order valence-electron chi connectivity index (χ0n) is 11.9. The Kier molecular flexibility index (Phi) is 4.02. The first-order chi connectivity index (χ1) is 9.38. The number of nitrogens with one attached hydrogen (secondary N) is 1. The molecule has 1 unspecified atom stereocenters. The molecule has 1 aliphatic carbocycles. The fourth-order valence-electron chi connectivity index (χ4n) is 3.82. The predicted octanol–water partition coefficient (Wildman–Crippen LogP) is 2.96. The Morgan fingerprint density at radius 2 is 2.05 bits per heavy atom. The van der Waals surface area contributed by atoms with Gasteiger partial charge < -0.3 is 10.2 Å². The van der Waals surface area contributed by atoms with Crippen LogP contribution in [-0.2, 0) is 6.54 Å². The highest BCUT2D eigenvalue weighted by molar-refractivity contribution is 5.42. The summed E-state index contributed by atoms with van der Waals surface area (Å²) in [4.78, 5) is 7.41. The number of nitrogens with zero attached hydrogens (tertiary/aromatic N) is 2. The summed E-state index contributed by atoms with van der Waals surface area (Å²) >= 11 is 0. The van der Waals surface area contributed by atoms with Crippen LogP contribution in [0.2, 0.25) is 0 Å². The van der Waals surface area contributed by atoms with E-state index in [0.29, 0.717) is 0 Å². The van der Waals surface area contributed by atoms with E-state index in [4.69, 9.17) is 4.98 Å². The topological polar surface area (TPSA) is 28.2 Å². The minimum Gasteiger partial charge on any atom is -0.353 e. The first-order valence-corrected chi connectivity index (χ1v) is 7.75. The van der Waals surface area contributed by atoms with Crippen molar-refractivity contribution in [2.24, 2.45) is 5.92 Å². The van der Waals surface area contributed by atoms with Crippen molar-refractivity contribution < 1.29 is 0 Å². The van der Waals surface area contributed by atoms with Crippen LogP contribution in [-0.4, -0.2) is 24.6 Å². The third-order valence-corrected chi connectivity index (χ3v) is 4.69. The molecule has 3 heteroatoms. The van der Waals surface area contributed by atoms with Gasteiger partial charge in [0, 0.05) is 19.1 Å². The van der Waals surface area contributed by atoms with Crippen LogP contribution in [0, 0.1) is 5.92 Å². The van der Waals surface area contributed by atoms with Crippen LogP contribution in [0.1, 0.15) is 44.2 Å². The van der Waals surface area contributed by atoms with Gasteiger partial charge in [-0.15, -0.1) is 0 Å². The lowest BCUT2D eigenvalue weighted by Gasteiger charge is -2.30. The van der Waals surface area contributed by atoms with E-state index >= 15 is 0 Å². The monoisotopic (exact) mass is 259 g/mol.